The first-order valence-corrected chi connectivity index (χ1v) is 9.63. The van der Waals surface area contributed by atoms with E-state index in [1.54, 1.807) is 5.51 Å². The lowest BCUT2D eigenvalue weighted by molar-refractivity contribution is -0.139. The number of hydrogen-bond acceptors (Lipinski definition) is 6. The maximum absolute atomic E-state index is 12.8. The Bertz CT molecular complexity index is 881. The summed E-state index contributed by atoms with van der Waals surface area (Å²) < 4.78 is 31.9. The van der Waals surface area contributed by atoms with Crippen LogP contribution in [-0.4, -0.2) is 41.9 Å². The highest BCUT2D eigenvalue weighted by Crippen LogP contribution is 2.31. The lowest BCUT2D eigenvalue weighted by Gasteiger charge is -2.25. The Kier molecular flexibility index (Phi) is 4.77. The van der Waals surface area contributed by atoms with Crippen molar-refractivity contribution >= 4 is 38.9 Å². The summed E-state index contributed by atoms with van der Waals surface area (Å²) in [6.07, 6.45) is 0.575. The number of sulfonamides is 1. The van der Waals surface area contributed by atoms with Crippen LogP contribution < -0.4 is 4.74 Å². The highest BCUT2D eigenvalue weighted by atomic mass is 35.5. The summed E-state index contributed by atoms with van der Waals surface area (Å²) in [6.45, 7) is 0.0945. The number of thiazole rings is 1. The van der Waals surface area contributed by atoms with Gasteiger partial charge in [0.1, 0.15) is 5.75 Å². The van der Waals surface area contributed by atoms with Gasteiger partial charge in [0.2, 0.25) is 10.0 Å². The summed E-state index contributed by atoms with van der Waals surface area (Å²) in [5.74, 6) is -1.02. The Balaban J connectivity index is 1.83. The van der Waals surface area contributed by atoms with E-state index in [4.69, 9.17) is 21.4 Å². The van der Waals surface area contributed by atoms with Crippen molar-refractivity contribution in [2.75, 3.05) is 13.2 Å². The Morgan fingerprint density at radius 1 is 1.46 bits per heavy atom. The first kappa shape index (κ1) is 17.2. The molecule has 7 nitrogen and oxygen atoms in total. The number of carbonyl (C=O) groups is 1. The van der Waals surface area contributed by atoms with Crippen molar-refractivity contribution in [3.05, 3.63) is 39.3 Å². The molecule has 10 heteroatoms. The van der Waals surface area contributed by atoms with Gasteiger partial charge in [0.05, 0.1) is 27.7 Å². The van der Waals surface area contributed by atoms with Crippen LogP contribution in [-0.2, 0) is 27.8 Å². The summed E-state index contributed by atoms with van der Waals surface area (Å²) in [5.41, 5.74) is 2.66. The number of ether oxygens (including phenoxy) is 1. The second-order valence-electron chi connectivity index (χ2n) is 5.09. The normalized spacial score (nSPS) is 15.0. The molecule has 0 saturated carbocycles. The number of hydrogen-bond donors (Lipinski definition) is 1. The number of carboxylic acids is 1. The van der Waals surface area contributed by atoms with Crippen LogP contribution in [0.25, 0.3) is 0 Å². The minimum absolute atomic E-state index is 0.0446. The lowest BCUT2D eigenvalue weighted by Crippen LogP contribution is -2.35. The number of fused-ring (bicyclic) bond motifs is 1. The number of benzene rings is 1. The SMILES string of the molecule is O=C(O)COc1ccc(S(=O)(=O)N2CCc3ncsc3C2)cc1Cl. The molecule has 0 spiro atoms. The van der Waals surface area contributed by atoms with Gasteiger partial charge in [-0.1, -0.05) is 11.6 Å². The molecular weight excluding hydrogens is 376 g/mol. The second-order valence-corrected chi connectivity index (χ2v) is 8.37. The molecule has 0 aliphatic carbocycles. The molecule has 2 aromatic rings. The third-order valence-corrected chi connectivity index (χ3v) is 6.53. The zero-order valence-corrected chi connectivity index (χ0v) is 14.7. The van der Waals surface area contributed by atoms with Crippen LogP contribution in [0.15, 0.2) is 28.6 Å². The molecule has 0 amide bonds. The van der Waals surface area contributed by atoms with Gasteiger partial charge in [0.15, 0.2) is 6.61 Å². The largest absolute Gasteiger partial charge is 0.480 e. The number of rotatable bonds is 5. The number of aliphatic carboxylic acids is 1. The molecular formula is C14H13ClN2O5S2. The summed E-state index contributed by atoms with van der Waals surface area (Å²) in [4.78, 5) is 15.7. The van der Waals surface area contributed by atoms with Crippen LogP contribution in [0.1, 0.15) is 10.6 Å². The van der Waals surface area contributed by atoms with E-state index < -0.39 is 22.6 Å². The summed E-state index contributed by atoms with van der Waals surface area (Å²) in [5, 5.41) is 8.66. The summed E-state index contributed by atoms with van der Waals surface area (Å²) in [7, 11) is -3.70. The van der Waals surface area contributed by atoms with Crippen LogP contribution >= 0.6 is 22.9 Å². The first-order valence-electron chi connectivity index (χ1n) is 6.93. The van der Waals surface area contributed by atoms with Gasteiger partial charge < -0.3 is 9.84 Å². The van der Waals surface area contributed by atoms with Gasteiger partial charge in [-0.2, -0.15) is 4.31 Å². The van der Waals surface area contributed by atoms with Crippen LogP contribution in [0.5, 0.6) is 5.75 Å². The van der Waals surface area contributed by atoms with Gasteiger partial charge in [-0.25, -0.2) is 18.2 Å². The zero-order valence-electron chi connectivity index (χ0n) is 12.3. The Morgan fingerprint density at radius 3 is 2.96 bits per heavy atom. The molecule has 2 heterocycles. The molecule has 1 aliphatic rings. The molecule has 0 atom stereocenters. The molecule has 1 aliphatic heterocycles. The fraction of sp³-hybridized carbons (Fsp3) is 0.286. The van der Waals surface area contributed by atoms with Crippen LogP contribution in [0.2, 0.25) is 5.02 Å². The van der Waals surface area contributed by atoms with Crippen molar-refractivity contribution in [1.29, 1.82) is 0 Å². The van der Waals surface area contributed by atoms with Gasteiger partial charge in [-0.3, -0.25) is 0 Å². The van der Waals surface area contributed by atoms with Gasteiger partial charge in [0.25, 0.3) is 0 Å². The van der Waals surface area contributed by atoms with Crippen molar-refractivity contribution in [3.63, 3.8) is 0 Å². The quantitative estimate of drug-likeness (QED) is 0.841. The van der Waals surface area contributed by atoms with Crippen molar-refractivity contribution in [3.8, 4) is 5.75 Å². The minimum atomic E-state index is -3.70. The minimum Gasteiger partial charge on any atom is -0.480 e. The second kappa shape index (κ2) is 6.67. The third-order valence-electron chi connectivity index (χ3n) is 3.54. The molecule has 128 valence electrons. The van der Waals surface area contributed by atoms with Crippen molar-refractivity contribution in [2.45, 2.75) is 17.9 Å². The van der Waals surface area contributed by atoms with Crippen molar-refractivity contribution < 1.29 is 23.1 Å². The molecule has 1 aromatic carbocycles. The predicted octanol–water partition coefficient (Wildman–Crippen LogP) is 2.01. The van der Waals surface area contributed by atoms with Gasteiger partial charge in [-0.05, 0) is 18.2 Å². The molecule has 0 fully saturated rings. The van der Waals surface area contributed by atoms with E-state index in [-0.39, 0.29) is 22.2 Å². The highest BCUT2D eigenvalue weighted by molar-refractivity contribution is 7.89. The van der Waals surface area contributed by atoms with E-state index in [0.29, 0.717) is 13.0 Å². The fourth-order valence-corrected chi connectivity index (χ4v) is 4.99. The predicted molar refractivity (Wildman–Crippen MR) is 88.0 cm³/mol. The molecule has 24 heavy (non-hydrogen) atoms. The number of aromatic nitrogens is 1. The number of halogens is 1. The molecule has 0 bridgehead atoms. The van der Waals surface area contributed by atoms with E-state index in [9.17, 15) is 13.2 Å². The van der Waals surface area contributed by atoms with Crippen LogP contribution in [0, 0.1) is 0 Å². The molecule has 3 rings (SSSR count). The van der Waals surface area contributed by atoms with E-state index in [1.165, 1.54) is 33.8 Å². The maximum Gasteiger partial charge on any atom is 0.341 e. The van der Waals surface area contributed by atoms with Gasteiger partial charge in [0, 0.05) is 17.8 Å². The average Bonchev–Trinajstić information content (AvgIpc) is 3.01. The smallest absolute Gasteiger partial charge is 0.341 e. The van der Waals surface area contributed by atoms with E-state index in [0.717, 1.165) is 10.6 Å². The fourth-order valence-electron chi connectivity index (χ4n) is 2.35. The molecule has 0 unspecified atom stereocenters. The Hall–Kier alpha value is -1.68. The van der Waals surface area contributed by atoms with Crippen LogP contribution in [0.4, 0.5) is 0 Å². The van der Waals surface area contributed by atoms with Crippen molar-refractivity contribution in [2.24, 2.45) is 0 Å². The van der Waals surface area contributed by atoms with Crippen LogP contribution in [0.3, 0.4) is 0 Å². The molecule has 1 aromatic heterocycles. The first-order chi connectivity index (χ1) is 11.4. The van der Waals surface area contributed by atoms with Crippen molar-refractivity contribution in [1.82, 2.24) is 9.29 Å². The Labute approximate surface area is 147 Å². The molecule has 1 N–H and O–H groups in total. The lowest BCUT2D eigenvalue weighted by atomic mass is 10.2. The topological polar surface area (TPSA) is 96.8 Å². The Morgan fingerprint density at radius 2 is 2.25 bits per heavy atom. The third kappa shape index (κ3) is 3.39. The zero-order chi connectivity index (χ0) is 17.3. The van der Waals surface area contributed by atoms with Gasteiger partial charge in [-0.15, -0.1) is 11.3 Å². The number of nitrogens with zero attached hydrogens (tertiary/aromatic N) is 2. The van der Waals surface area contributed by atoms with E-state index in [2.05, 4.69) is 4.98 Å². The summed E-state index contributed by atoms with van der Waals surface area (Å²) >= 11 is 7.45. The molecule has 0 radical (unpaired) electrons. The van der Waals surface area contributed by atoms with E-state index >= 15 is 0 Å². The standard InChI is InChI=1S/C14H13ClN2O5S2/c15-10-5-9(1-2-12(10)22-7-14(18)19)24(20,21)17-4-3-11-13(6-17)23-8-16-11/h1-2,5,8H,3-4,6-7H2,(H,18,19). The van der Waals surface area contributed by atoms with E-state index in [1.807, 2.05) is 0 Å². The monoisotopic (exact) mass is 388 g/mol. The summed E-state index contributed by atoms with van der Waals surface area (Å²) in [6, 6.07) is 4.00. The number of carboxylic acid groups (broad SMARTS) is 1. The maximum atomic E-state index is 12.8. The molecule has 0 saturated heterocycles. The highest BCUT2D eigenvalue weighted by Gasteiger charge is 2.30. The van der Waals surface area contributed by atoms with Gasteiger partial charge >= 0.3 is 5.97 Å². The average molecular weight is 389 g/mol.